The Hall–Kier alpha value is -2.41. The van der Waals surface area contributed by atoms with E-state index in [1.165, 1.54) is 12.1 Å². The number of amides is 1. The number of hydrogen-bond acceptors (Lipinski definition) is 3. The molecule has 0 aliphatic carbocycles. The molecule has 1 aromatic heterocycles. The molecule has 1 atom stereocenters. The first-order valence-electron chi connectivity index (χ1n) is 7.94. The number of nitrogens with one attached hydrogen (secondary N) is 1. The summed E-state index contributed by atoms with van der Waals surface area (Å²) in [7, 11) is 0. The molecule has 0 bridgehead atoms. The van der Waals surface area contributed by atoms with E-state index in [-0.39, 0.29) is 11.6 Å². The molecule has 0 unspecified atom stereocenters. The van der Waals surface area contributed by atoms with E-state index in [1.54, 1.807) is 24.3 Å². The van der Waals surface area contributed by atoms with E-state index in [0.29, 0.717) is 36.8 Å². The van der Waals surface area contributed by atoms with Gasteiger partial charge >= 0.3 is 6.18 Å². The van der Waals surface area contributed by atoms with Crippen molar-refractivity contribution in [3.63, 3.8) is 0 Å². The van der Waals surface area contributed by atoms with Gasteiger partial charge in [0.25, 0.3) is 5.91 Å². The second-order valence-electron chi connectivity index (χ2n) is 5.93. The van der Waals surface area contributed by atoms with Crippen LogP contribution in [0.25, 0.3) is 11.3 Å². The molecule has 1 amide bonds. The number of pyridine rings is 1. The molecule has 25 heavy (non-hydrogen) atoms. The number of carbonyl (C=O) groups is 1. The summed E-state index contributed by atoms with van der Waals surface area (Å²) in [6.07, 6.45) is -3.59. The van der Waals surface area contributed by atoms with Crippen LogP contribution >= 0.6 is 0 Å². The first-order valence-corrected chi connectivity index (χ1v) is 7.94. The zero-order valence-electron chi connectivity index (χ0n) is 13.3. The van der Waals surface area contributed by atoms with Gasteiger partial charge in [-0.1, -0.05) is 18.2 Å². The Balaban J connectivity index is 1.76. The predicted octanol–water partition coefficient (Wildman–Crippen LogP) is 3.53. The smallest absolute Gasteiger partial charge is 0.381 e. The summed E-state index contributed by atoms with van der Waals surface area (Å²) in [6, 6.07) is 10.1. The third-order valence-corrected chi connectivity index (χ3v) is 4.04. The van der Waals surface area contributed by atoms with Gasteiger partial charge in [0.15, 0.2) is 0 Å². The van der Waals surface area contributed by atoms with Gasteiger partial charge < -0.3 is 10.1 Å². The topological polar surface area (TPSA) is 51.2 Å². The van der Waals surface area contributed by atoms with Gasteiger partial charge in [0.1, 0.15) is 5.69 Å². The van der Waals surface area contributed by atoms with Gasteiger partial charge in [0.05, 0.1) is 12.3 Å². The molecular weight excluding hydrogens is 333 g/mol. The quantitative estimate of drug-likeness (QED) is 0.918. The predicted molar refractivity (Wildman–Crippen MR) is 85.9 cm³/mol. The SMILES string of the molecule is O=C(NC[C@@H]1CCOC1)c1cccc(-c2cccc(C(F)(F)F)n2)c1. The van der Waals surface area contributed by atoms with Gasteiger partial charge in [0.2, 0.25) is 0 Å². The van der Waals surface area contributed by atoms with E-state index in [9.17, 15) is 18.0 Å². The Morgan fingerprint density at radius 2 is 2.04 bits per heavy atom. The highest BCUT2D eigenvalue weighted by Gasteiger charge is 2.32. The molecular formula is C18H17F3N2O2. The number of aromatic nitrogens is 1. The normalized spacial score (nSPS) is 17.5. The van der Waals surface area contributed by atoms with Crippen molar-refractivity contribution < 1.29 is 22.7 Å². The molecule has 1 saturated heterocycles. The van der Waals surface area contributed by atoms with E-state index in [2.05, 4.69) is 10.3 Å². The fourth-order valence-electron chi connectivity index (χ4n) is 2.66. The maximum absolute atomic E-state index is 12.8. The highest BCUT2D eigenvalue weighted by molar-refractivity contribution is 5.95. The molecule has 2 heterocycles. The summed E-state index contributed by atoms with van der Waals surface area (Å²) in [6.45, 7) is 1.86. The van der Waals surface area contributed by atoms with E-state index in [4.69, 9.17) is 4.74 Å². The van der Waals surface area contributed by atoms with Crippen LogP contribution in [-0.4, -0.2) is 30.6 Å². The van der Waals surface area contributed by atoms with Crippen LogP contribution in [0.2, 0.25) is 0 Å². The van der Waals surface area contributed by atoms with Gasteiger partial charge in [-0.25, -0.2) is 4.98 Å². The molecule has 7 heteroatoms. The number of halogens is 3. The summed E-state index contributed by atoms with van der Waals surface area (Å²) >= 11 is 0. The summed E-state index contributed by atoms with van der Waals surface area (Å²) in [5, 5.41) is 2.84. The number of hydrogen-bond donors (Lipinski definition) is 1. The second kappa shape index (κ2) is 7.23. The summed E-state index contributed by atoms with van der Waals surface area (Å²) < 4.78 is 43.7. The van der Waals surface area contributed by atoms with Crippen LogP contribution < -0.4 is 5.32 Å². The maximum Gasteiger partial charge on any atom is 0.433 e. The zero-order chi connectivity index (χ0) is 17.9. The Bertz CT molecular complexity index is 756. The highest BCUT2D eigenvalue weighted by Crippen LogP contribution is 2.29. The van der Waals surface area contributed by atoms with Crippen LogP contribution in [0.4, 0.5) is 13.2 Å². The molecule has 1 N–H and O–H groups in total. The molecule has 3 rings (SSSR count). The molecule has 132 valence electrons. The van der Waals surface area contributed by atoms with Gasteiger partial charge in [-0.05, 0) is 30.7 Å². The number of nitrogens with zero attached hydrogens (tertiary/aromatic N) is 1. The minimum Gasteiger partial charge on any atom is -0.381 e. The van der Waals surface area contributed by atoms with E-state index >= 15 is 0 Å². The number of carbonyl (C=O) groups excluding carboxylic acids is 1. The molecule has 1 aliphatic heterocycles. The molecule has 1 aromatic carbocycles. The second-order valence-corrected chi connectivity index (χ2v) is 5.93. The fraction of sp³-hybridized carbons (Fsp3) is 0.333. The minimum atomic E-state index is -4.51. The van der Waals surface area contributed by atoms with Crippen molar-refractivity contribution in [2.75, 3.05) is 19.8 Å². The Kier molecular flexibility index (Phi) is 5.03. The lowest BCUT2D eigenvalue weighted by Gasteiger charge is -2.11. The average molecular weight is 350 g/mol. The fourth-order valence-corrected chi connectivity index (χ4v) is 2.66. The average Bonchev–Trinajstić information content (AvgIpc) is 3.13. The van der Waals surface area contributed by atoms with Crippen molar-refractivity contribution in [1.29, 1.82) is 0 Å². The summed E-state index contributed by atoms with van der Waals surface area (Å²) in [5.74, 6) is 0.0398. The lowest BCUT2D eigenvalue weighted by atomic mass is 10.1. The van der Waals surface area contributed by atoms with Crippen molar-refractivity contribution in [3.05, 3.63) is 53.7 Å². The third kappa shape index (κ3) is 4.36. The van der Waals surface area contributed by atoms with Crippen molar-refractivity contribution >= 4 is 5.91 Å². The first kappa shape index (κ1) is 17.4. The largest absolute Gasteiger partial charge is 0.433 e. The van der Waals surface area contributed by atoms with Gasteiger partial charge in [-0.2, -0.15) is 13.2 Å². The Morgan fingerprint density at radius 3 is 2.76 bits per heavy atom. The van der Waals surface area contributed by atoms with Crippen LogP contribution in [0, 0.1) is 5.92 Å². The molecule has 0 radical (unpaired) electrons. The third-order valence-electron chi connectivity index (χ3n) is 4.04. The van der Waals surface area contributed by atoms with Crippen molar-refractivity contribution in [2.45, 2.75) is 12.6 Å². The van der Waals surface area contributed by atoms with E-state index < -0.39 is 11.9 Å². The van der Waals surface area contributed by atoms with Crippen LogP contribution in [0.1, 0.15) is 22.5 Å². The number of ether oxygens (including phenoxy) is 1. The van der Waals surface area contributed by atoms with Gasteiger partial charge in [-0.3, -0.25) is 4.79 Å². The molecule has 1 aliphatic rings. The van der Waals surface area contributed by atoms with Crippen LogP contribution in [-0.2, 0) is 10.9 Å². The van der Waals surface area contributed by atoms with E-state index in [1.807, 2.05) is 0 Å². The molecule has 2 aromatic rings. The van der Waals surface area contributed by atoms with Crippen LogP contribution in [0.5, 0.6) is 0 Å². The van der Waals surface area contributed by atoms with Crippen molar-refractivity contribution in [2.24, 2.45) is 5.92 Å². The van der Waals surface area contributed by atoms with Crippen molar-refractivity contribution in [1.82, 2.24) is 10.3 Å². The molecule has 0 spiro atoms. The van der Waals surface area contributed by atoms with E-state index in [0.717, 1.165) is 12.5 Å². The lowest BCUT2D eigenvalue weighted by Crippen LogP contribution is -2.29. The highest BCUT2D eigenvalue weighted by atomic mass is 19.4. The Morgan fingerprint density at radius 1 is 1.24 bits per heavy atom. The van der Waals surface area contributed by atoms with Crippen molar-refractivity contribution in [3.8, 4) is 11.3 Å². The zero-order valence-corrected chi connectivity index (χ0v) is 13.3. The molecule has 1 fully saturated rings. The molecule has 4 nitrogen and oxygen atoms in total. The number of rotatable bonds is 4. The minimum absolute atomic E-state index is 0.175. The lowest BCUT2D eigenvalue weighted by molar-refractivity contribution is -0.141. The summed E-state index contributed by atoms with van der Waals surface area (Å²) in [5.41, 5.74) is 0.0633. The van der Waals surface area contributed by atoms with Gasteiger partial charge in [0, 0.05) is 30.2 Å². The van der Waals surface area contributed by atoms with Crippen LogP contribution in [0.3, 0.4) is 0 Å². The molecule has 0 saturated carbocycles. The van der Waals surface area contributed by atoms with Gasteiger partial charge in [-0.15, -0.1) is 0 Å². The first-order chi connectivity index (χ1) is 11.9. The summed E-state index contributed by atoms with van der Waals surface area (Å²) in [4.78, 5) is 15.9. The van der Waals surface area contributed by atoms with Crippen LogP contribution in [0.15, 0.2) is 42.5 Å². The monoisotopic (exact) mass is 350 g/mol. The maximum atomic E-state index is 12.8. The number of benzene rings is 1. The Labute approximate surface area is 143 Å². The number of alkyl halides is 3. The standard InChI is InChI=1S/C18H17F3N2O2/c19-18(20,21)16-6-2-5-15(23-16)13-3-1-4-14(9-13)17(24)22-10-12-7-8-25-11-12/h1-6,9,12H,7-8,10-11H2,(H,22,24)/t12-/m0/s1.